The minimum absolute atomic E-state index is 0. The molecule has 0 radical (unpaired) electrons. The summed E-state index contributed by atoms with van der Waals surface area (Å²) >= 11 is 0. The van der Waals surface area contributed by atoms with Crippen LogP contribution in [0.2, 0.25) is 0 Å². The number of carbonyl (C=O) groups excluding carboxylic acids is 1. The first-order chi connectivity index (χ1) is 4.60. The molecule has 1 heterocycles. The largest absolute Gasteiger partial charge is 0.356 e. The summed E-state index contributed by atoms with van der Waals surface area (Å²) < 4.78 is 0. The fourth-order valence-corrected chi connectivity index (χ4v) is 1.21. The predicted molar refractivity (Wildman–Crippen MR) is 47.9 cm³/mol. The number of nitrogens with one attached hydrogen (secondary N) is 1. The Kier molecular flexibility index (Phi) is 3.87. The molecule has 66 valence electrons. The van der Waals surface area contributed by atoms with Gasteiger partial charge < -0.3 is 5.32 Å². The molecule has 11 heavy (non-hydrogen) atoms. The van der Waals surface area contributed by atoms with Crippen molar-refractivity contribution in [1.29, 1.82) is 0 Å². The Hall–Kier alpha value is -0.240. The Bertz CT molecular complexity index is 145. The van der Waals surface area contributed by atoms with Gasteiger partial charge in [-0.05, 0) is 18.3 Å². The molecule has 0 saturated carbocycles. The third-order valence-electron chi connectivity index (χ3n) is 2.15. The summed E-state index contributed by atoms with van der Waals surface area (Å²) in [6.07, 6.45) is 2.84. The lowest BCUT2D eigenvalue weighted by molar-refractivity contribution is -0.120. The van der Waals surface area contributed by atoms with E-state index in [0.717, 1.165) is 19.4 Å². The van der Waals surface area contributed by atoms with Crippen LogP contribution in [0.25, 0.3) is 0 Å². The van der Waals surface area contributed by atoms with Crippen molar-refractivity contribution in [2.45, 2.75) is 33.1 Å². The van der Waals surface area contributed by atoms with E-state index < -0.39 is 0 Å². The third-order valence-corrected chi connectivity index (χ3v) is 2.15. The zero-order valence-corrected chi connectivity index (χ0v) is 7.96. The number of hydrogen-bond acceptors (Lipinski definition) is 1. The topological polar surface area (TPSA) is 29.1 Å². The van der Waals surface area contributed by atoms with E-state index in [1.54, 1.807) is 0 Å². The Balaban J connectivity index is 0.000001000. The van der Waals surface area contributed by atoms with Gasteiger partial charge in [-0.2, -0.15) is 0 Å². The summed E-state index contributed by atoms with van der Waals surface area (Å²) in [6, 6.07) is 0. The first-order valence-electron chi connectivity index (χ1n) is 3.87. The Morgan fingerprint density at radius 3 is 2.64 bits per heavy atom. The quantitative estimate of drug-likeness (QED) is 0.600. The summed E-state index contributed by atoms with van der Waals surface area (Å²) in [5.41, 5.74) is 0.360. The predicted octanol–water partition coefficient (Wildman–Crippen LogP) is 1.73. The van der Waals surface area contributed by atoms with Crippen LogP contribution >= 0.6 is 12.4 Å². The van der Waals surface area contributed by atoms with E-state index >= 15 is 0 Å². The summed E-state index contributed by atoms with van der Waals surface area (Å²) in [5.74, 6) is 0.213. The van der Waals surface area contributed by atoms with Crippen LogP contribution in [-0.2, 0) is 4.79 Å². The molecule has 1 rings (SSSR count). The van der Waals surface area contributed by atoms with Crippen molar-refractivity contribution in [3.8, 4) is 0 Å². The Morgan fingerprint density at radius 2 is 2.00 bits per heavy atom. The van der Waals surface area contributed by atoms with Crippen molar-refractivity contribution in [1.82, 2.24) is 5.32 Å². The van der Waals surface area contributed by atoms with Crippen LogP contribution in [0.5, 0.6) is 0 Å². The van der Waals surface area contributed by atoms with Crippen LogP contribution in [-0.4, -0.2) is 12.5 Å². The van der Waals surface area contributed by atoms with Gasteiger partial charge in [0.25, 0.3) is 0 Å². The van der Waals surface area contributed by atoms with Crippen LogP contribution in [0, 0.1) is 5.41 Å². The fourth-order valence-electron chi connectivity index (χ4n) is 1.21. The van der Waals surface area contributed by atoms with E-state index in [1.807, 2.05) is 0 Å². The van der Waals surface area contributed by atoms with Gasteiger partial charge in [-0.1, -0.05) is 13.8 Å². The fraction of sp³-hybridized carbons (Fsp3) is 0.875. The third kappa shape index (κ3) is 3.61. The molecular formula is C8H16ClNO. The second kappa shape index (κ2) is 3.96. The van der Waals surface area contributed by atoms with Crippen LogP contribution in [0.3, 0.4) is 0 Å². The standard InChI is InChI=1S/C8H15NO.ClH/c1-8(2)4-3-7(10)9-6-5-8;/h3-6H2,1-2H3,(H,9,10);1H. The summed E-state index contributed by atoms with van der Waals surface area (Å²) in [6.45, 7) is 5.28. The molecule has 1 amide bonds. The van der Waals surface area contributed by atoms with Crippen LogP contribution in [0.4, 0.5) is 0 Å². The number of rotatable bonds is 0. The highest BCUT2D eigenvalue weighted by molar-refractivity contribution is 5.85. The molecule has 0 bridgehead atoms. The van der Waals surface area contributed by atoms with E-state index in [0.29, 0.717) is 11.8 Å². The van der Waals surface area contributed by atoms with E-state index in [9.17, 15) is 4.79 Å². The normalized spacial score (nSPS) is 22.9. The summed E-state index contributed by atoms with van der Waals surface area (Å²) in [7, 11) is 0. The Labute approximate surface area is 74.2 Å². The maximum absolute atomic E-state index is 10.9. The van der Waals surface area contributed by atoms with Crippen molar-refractivity contribution in [2.75, 3.05) is 6.54 Å². The molecule has 1 aliphatic heterocycles. The molecule has 1 saturated heterocycles. The molecule has 1 N–H and O–H groups in total. The van der Waals surface area contributed by atoms with Gasteiger partial charge in [-0.3, -0.25) is 4.79 Å². The van der Waals surface area contributed by atoms with Crippen LogP contribution < -0.4 is 5.32 Å². The highest BCUT2D eigenvalue weighted by Crippen LogP contribution is 2.27. The number of halogens is 1. The van der Waals surface area contributed by atoms with Gasteiger partial charge >= 0.3 is 0 Å². The smallest absolute Gasteiger partial charge is 0.220 e. The van der Waals surface area contributed by atoms with E-state index in [4.69, 9.17) is 0 Å². The summed E-state index contributed by atoms with van der Waals surface area (Å²) in [5, 5.41) is 2.86. The van der Waals surface area contributed by atoms with Gasteiger partial charge in [-0.15, -0.1) is 12.4 Å². The van der Waals surface area contributed by atoms with Gasteiger partial charge in [0.2, 0.25) is 5.91 Å². The molecule has 0 aromatic heterocycles. The van der Waals surface area contributed by atoms with Crippen molar-refractivity contribution >= 4 is 18.3 Å². The first kappa shape index (κ1) is 10.8. The average molecular weight is 178 g/mol. The first-order valence-corrected chi connectivity index (χ1v) is 3.87. The zero-order valence-electron chi connectivity index (χ0n) is 7.14. The lowest BCUT2D eigenvalue weighted by Gasteiger charge is -2.20. The van der Waals surface area contributed by atoms with Crippen molar-refractivity contribution in [2.24, 2.45) is 5.41 Å². The molecule has 0 aromatic rings. The van der Waals surface area contributed by atoms with Crippen LogP contribution in [0.15, 0.2) is 0 Å². The molecule has 0 aromatic carbocycles. The second-order valence-electron chi connectivity index (χ2n) is 3.76. The monoisotopic (exact) mass is 177 g/mol. The molecule has 1 aliphatic rings. The minimum atomic E-state index is 0. The molecule has 3 heteroatoms. The molecule has 0 atom stereocenters. The summed E-state index contributed by atoms with van der Waals surface area (Å²) in [4.78, 5) is 10.9. The maximum Gasteiger partial charge on any atom is 0.220 e. The van der Waals surface area contributed by atoms with E-state index in [1.165, 1.54) is 0 Å². The minimum Gasteiger partial charge on any atom is -0.356 e. The van der Waals surface area contributed by atoms with Crippen molar-refractivity contribution in [3.05, 3.63) is 0 Å². The molecule has 0 unspecified atom stereocenters. The molecule has 0 aliphatic carbocycles. The van der Waals surface area contributed by atoms with Crippen molar-refractivity contribution < 1.29 is 4.79 Å². The maximum atomic E-state index is 10.9. The van der Waals surface area contributed by atoms with Crippen LogP contribution in [0.1, 0.15) is 33.1 Å². The van der Waals surface area contributed by atoms with Gasteiger partial charge in [0.05, 0.1) is 0 Å². The highest BCUT2D eigenvalue weighted by Gasteiger charge is 2.21. The lowest BCUT2D eigenvalue weighted by atomic mass is 9.85. The Morgan fingerprint density at radius 1 is 1.36 bits per heavy atom. The van der Waals surface area contributed by atoms with E-state index in [2.05, 4.69) is 19.2 Å². The SMILES string of the molecule is CC1(C)CCNC(=O)CC1.Cl. The highest BCUT2D eigenvalue weighted by atomic mass is 35.5. The van der Waals surface area contributed by atoms with Gasteiger partial charge in [-0.25, -0.2) is 0 Å². The van der Waals surface area contributed by atoms with Gasteiger partial charge in [0.15, 0.2) is 0 Å². The average Bonchev–Trinajstić information content (AvgIpc) is 1.94. The van der Waals surface area contributed by atoms with Gasteiger partial charge in [0, 0.05) is 13.0 Å². The van der Waals surface area contributed by atoms with Crippen molar-refractivity contribution in [3.63, 3.8) is 0 Å². The number of hydrogen-bond donors (Lipinski definition) is 1. The lowest BCUT2D eigenvalue weighted by Crippen LogP contribution is -2.21. The number of amides is 1. The molecule has 1 fully saturated rings. The second-order valence-corrected chi connectivity index (χ2v) is 3.76. The zero-order chi connectivity index (χ0) is 7.61. The molecular weight excluding hydrogens is 162 g/mol. The molecule has 0 spiro atoms. The number of carbonyl (C=O) groups is 1. The van der Waals surface area contributed by atoms with Gasteiger partial charge in [0.1, 0.15) is 0 Å². The molecule has 2 nitrogen and oxygen atoms in total. The van der Waals surface area contributed by atoms with E-state index in [-0.39, 0.29) is 18.3 Å².